The molecule has 0 radical (unpaired) electrons. The van der Waals surface area contributed by atoms with Gasteiger partial charge in [-0.15, -0.1) is 0 Å². The lowest BCUT2D eigenvalue weighted by Crippen LogP contribution is -2.20. The van der Waals surface area contributed by atoms with Crippen LogP contribution in [0, 0.1) is 0 Å². The van der Waals surface area contributed by atoms with Crippen molar-refractivity contribution >= 4 is 5.78 Å². The maximum atomic E-state index is 10.9. The predicted molar refractivity (Wildman–Crippen MR) is 43.0 cm³/mol. The molecule has 0 aromatic rings. The molecule has 0 fully saturated rings. The minimum absolute atomic E-state index is 0.154. The van der Waals surface area contributed by atoms with Gasteiger partial charge in [0.15, 0.2) is 5.78 Å². The zero-order valence-electron chi connectivity index (χ0n) is 6.90. The lowest BCUT2D eigenvalue weighted by atomic mass is 10.2. The third kappa shape index (κ3) is 5.51. The molecule has 0 bridgehead atoms. The molecule has 0 aromatic carbocycles. The van der Waals surface area contributed by atoms with E-state index < -0.39 is 0 Å². The highest BCUT2D eigenvalue weighted by molar-refractivity contribution is 5.91. The Morgan fingerprint density at radius 2 is 2.10 bits per heavy atom. The number of allylic oxidation sites excluding steroid dienone is 1. The van der Waals surface area contributed by atoms with Crippen molar-refractivity contribution in [3.63, 3.8) is 0 Å². The van der Waals surface area contributed by atoms with Gasteiger partial charge in [0.1, 0.15) is 0 Å². The average molecular weight is 141 g/mol. The molecule has 0 aliphatic carbocycles. The zero-order valence-corrected chi connectivity index (χ0v) is 6.90. The van der Waals surface area contributed by atoms with E-state index in [4.69, 9.17) is 0 Å². The first-order valence-electron chi connectivity index (χ1n) is 3.55. The van der Waals surface area contributed by atoms with Crippen molar-refractivity contribution in [2.24, 2.45) is 0 Å². The summed E-state index contributed by atoms with van der Waals surface area (Å²) in [5.41, 5.74) is 1.06. The first-order chi connectivity index (χ1) is 4.66. The second kappa shape index (κ2) is 5.18. The molecule has 0 amide bonds. The van der Waals surface area contributed by atoms with Gasteiger partial charge < -0.3 is 5.32 Å². The molecule has 0 spiro atoms. The molecule has 0 aliphatic heterocycles. The Morgan fingerprint density at radius 1 is 1.50 bits per heavy atom. The second-order valence-electron chi connectivity index (χ2n) is 2.47. The molecule has 0 saturated carbocycles. The van der Waals surface area contributed by atoms with E-state index in [1.54, 1.807) is 6.08 Å². The summed E-state index contributed by atoms with van der Waals surface area (Å²) in [7, 11) is 0. The molecule has 0 heterocycles. The zero-order chi connectivity index (χ0) is 7.98. The van der Waals surface area contributed by atoms with E-state index in [0.29, 0.717) is 6.54 Å². The minimum atomic E-state index is 0.154. The topological polar surface area (TPSA) is 29.1 Å². The average Bonchev–Trinajstić information content (AvgIpc) is 1.82. The van der Waals surface area contributed by atoms with Crippen LogP contribution in [0.1, 0.15) is 20.8 Å². The molecule has 1 N–H and O–H groups in total. The van der Waals surface area contributed by atoms with Gasteiger partial charge in [-0.05, 0) is 26.5 Å². The number of hydrogen-bond acceptors (Lipinski definition) is 2. The van der Waals surface area contributed by atoms with Crippen LogP contribution in [-0.4, -0.2) is 18.9 Å². The Morgan fingerprint density at radius 3 is 2.50 bits per heavy atom. The van der Waals surface area contributed by atoms with Gasteiger partial charge in [-0.1, -0.05) is 12.5 Å². The molecular weight excluding hydrogens is 126 g/mol. The maximum absolute atomic E-state index is 10.9. The number of ketones is 1. The van der Waals surface area contributed by atoms with Crippen LogP contribution in [0.3, 0.4) is 0 Å². The molecule has 0 saturated heterocycles. The standard InChI is InChI=1S/C8H15NO/c1-4-9-6-8(10)5-7(2)3/h5,9H,4,6H2,1-3H3. The Hall–Kier alpha value is -0.630. The van der Waals surface area contributed by atoms with Crippen molar-refractivity contribution in [2.75, 3.05) is 13.1 Å². The van der Waals surface area contributed by atoms with Gasteiger partial charge in [0.05, 0.1) is 6.54 Å². The third-order valence-corrected chi connectivity index (χ3v) is 0.999. The summed E-state index contributed by atoms with van der Waals surface area (Å²) in [4.78, 5) is 10.9. The Kier molecular flexibility index (Phi) is 4.85. The molecule has 10 heavy (non-hydrogen) atoms. The molecule has 2 heteroatoms. The van der Waals surface area contributed by atoms with Crippen LogP contribution in [0.5, 0.6) is 0 Å². The molecule has 0 atom stereocenters. The van der Waals surface area contributed by atoms with E-state index in [1.165, 1.54) is 0 Å². The number of carbonyl (C=O) groups is 1. The largest absolute Gasteiger partial charge is 0.310 e. The Balaban J connectivity index is 3.54. The normalized spacial score (nSPS) is 9.10. The molecule has 58 valence electrons. The first-order valence-corrected chi connectivity index (χ1v) is 3.55. The van der Waals surface area contributed by atoms with Gasteiger partial charge in [-0.25, -0.2) is 0 Å². The summed E-state index contributed by atoms with van der Waals surface area (Å²) in [6.07, 6.45) is 1.66. The maximum Gasteiger partial charge on any atom is 0.169 e. The lowest BCUT2D eigenvalue weighted by molar-refractivity contribution is -0.113. The minimum Gasteiger partial charge on any atom is -0.310 e. The Bertz CT molecular complexity index is 134. The molecule has 0 rings (SSSR count). The van der Waals surface area contributed by atoms with Crippen LogP contribution in [0.25, 0.3) is 0 Å². The van der Waals surface area contributed by atoms with Gasteiger partial charge in [-0.3, -0.25) is 4.79 Å². The van der Waals surface area contributed by atoms with Crippen LogP contribution >= 0.6 is 0 Å². The number of nitrogens with one attached hydrogen (secondary N) is 1. The summed E-state index contributed by atoms with van der Waals surface area (Å²) in [6.45, 7) is 7.13. The summed E-state index contributed by atoms with van der Waals surface area (Å²) in [5.74, 6) is 0.154. The summed E-state index contributed by atoms with van der Waals surface area (Å²) >= 11 is 0. The van der Waals surface area contributed by atoms with E-state index in [-0.39, 0.29) is 5.78 Å². The van der Waals surface area contributed by atoms with Gasteiger partial charge >= 0.3 is 0 Å². The second-order valence-corrected chi connectivity index (χ2v) is 2.47. The molecule has 0 unspecified atom stereocenters. The van der Waals surface area contributed by atoms with Crippen LogP contribution < -0.4 is 5.32 Å². The number of rotatable bonds is 4. The molecular formula is C8H15NO. The monoisotopic (exact) mass is 141 g/mol. The van der Waals surface area contributed by atoms with Gasteiger partial charge in [0, 0.05) is 0 Å². The number of carbonyl (C=O) groups excluding carboxylic acids is 1. The van der Waals surface area contributed by atoms with Crippen LogP contribution in [0.2, 0.25) is 0 Å². The van der Waals surface area contributed by atoms with E-state index in [0.717, 1.165) is 12.1 Å². The number of likely N-dealkylation sites (N-methyl/N-ethyl adjacent to an activating group) is 1. The fraction of sp³-hybridized carbons (Fsp3) is 0.625. The molecule has 0 aromatic heterocycles. The van der Waals surface area contributed by atoms with Crippen LogP contribution in [-0.2, 0) is 4.79 Å². The Labute approximate surface area is 62.3 Å². The predicted octanol–water partition coefficient (Wildman–Crippen LogP) is 1.13. The van der Waals surface area contributed by atoms with Crippen molar-refractivity contribution in [2.45, 2.75) is 20.8 Å². The molecule has 0 aliphatic rings. The van der Waals surface area contributed by atoms with Crippen molar-refractivity contribution in [1.82, 2.24) is 5.32 Å². The molecule has 2 nitrogen and oxygen atoms in total. The fourth-order valence-electron chi connectivity index (χ4n) is 0.621. The quantitative estimate of drug-likeness (QED) is 0.595. The van der Waals surface area contributed by atoms with Crippen LogP contribution in [0.4, 0.5) is 0 Å². The first kappa shape index (κ1) is 9.37. The highest BCUT2D eigenvalue weighted by atomic mass is 16.1. The van der Waals surface area contributed by atoms with Crippen molar-refractivity contribution in [3.8, 4) is 0 Å². The van der Waals surface area contributed by atoms with Crippen molar-refractivity contribution in [1.29, 1.82) is 0 Å². The summed E-state index contributed by atoms with van der Waals surface area (Å²) in [6, 6.07) is 0. The number of hydrogen-bond donors (Lipinski definition) is 1. The smallest absolute Gasteiger partial charge is 0.169 e. The summed E-state index contributed by atoms with van der Waals surface area (Å²) in [5, 5.41) is 2.96. The van der Waals surface area contributed by atoms with Gasteiger partial charge in [0.25, 0.3) is 0 Å². The lowest BCUT2D eigenvalue weighted by Gasteiger charge is -1.95. The van der Waals surface area contributed by atoms with Gasteiger partial charge in [0.2, 0.25) is 0 Å². The fourth-order valence-corrected chi connectivity index (χ4v) is 0.621. The van der Waals surface area contributed by atoms with Gasteiger partial charge in [-0.2, -0.15) is 0 Å². The van der Waals surface area contributed by atoms with Crippen LogP contribution in [0.15, 0.2) is 11.6 Å². The van der Waals surface area contributed by atoms with E-state index in [9.17, 15) is 4.79 Å². The highest BCUT2D eigenvalue weighted by Gasteiger charge is 1.93. The third-order valence-electron chi connectivity index (χ3n) is 0.999. The van der Waals surface area contributed by atoms with Crippen molar-refractivity contribution < 1.29 is 4.79 Å². The van der Waals surface area contributed by atoms with Crippen molar-refractivity contribution in [3.05, 3.63) is 11.6 Å². The summed E-state index contributed by atoms with van der Waals surface area (Å²) < 4.78 is 0. The SMILES string of the molecule is CCNCC(=O)C=C(C)C. The highest BCUT2D eigenvalue weighted by Crippen LogP contribution is 1.87. The van der Waals surface area contributed by atoms with E-state index in [2.05, 4.69) is 5.32 Å². The van der Waals surface area contributed by atoms with E-state index in [1.807, 2.05) is 20.8 Å². The van der Waals surface area contributed by atoms with E-state index >= 15 is 0 Å².